The Bertz CT molecular complexity index is 1180. The molecule has 1 saturated carbocycles. The normalized spacial score (nSPS) is 21.0. The zero-order valence-corrected chi connectivity index (χ0v) is 16.3. The Labute approximate surface area is 164 Å². The molecule has 1 aliphatic carbocycles. The summed E-state index contributed by atoms with van der Waals surface area (Å²) in [6, 6.07) is 5.88. The first-order valence-corrected chi connectivity index (χ1v) is 10.5. The number of aromatic nitrogens is 4. The van der Waals surface area contributed by atoms with Gasteiger partial charge in [0.2, 0.25) is 0 Å². The minimum Gasteiger partial charge on any atom is -0.377 e. The van der Waals surface area contributed by atoms with E-state index in [-0.39, 0.29) is 6.04 Å². The van der Waals surface area contributed by atoms with E-state index in [9.17, 15) is 8.82 Å². The lowest BCUT2D eigenvalue weighted by Crippen LogP contribution is -2.44. The van der Waals surface area contributed by atoms with Gasteiger partial charge in [-0.15, -0.1) is 4.61 Å². The Morgan fingerprint density at radius 1 is 1.36 bits per heavy atom. The Morgan fingerprint density at radius 3 is 2.96 bits per heavy atom. The molecule has 9 heteroatoms. The molecule has 144 valence electrons. The molecule has 0 radical (unpaired) electrons. The number of pyridine rings is 1. The van der Waals surface area contributed by atoms with Crippen LogP contribution in [0.1, 0.15) is 25.5 Å². The van der Waals surface area contributed by atoms with Gasteiger partial charge in [-0.05, 0) is 31.9 Å². The Hall–Kier alpha value is -2.74. The summed E-state index contributed by atoms with van der Waals surface area (Å²) in [5.74, 6) is 1.32. The van der Waals surface area contributed by atoms with Crippen LogP contribution in [0.4, 0.5) is 5.82 Å². The fourth-order valence-corrected chi connectivity index (χ4v) is 4.53. The summed E-state index contributed by atoms with van der Waals surface area (Å²) >= 11 is 0. The number of anilines is 1. The molecule has 1 atom stereocenters. The first-order valence-electron chi connectivity index (χ1n) is 9.36. The number of nitrogens with one attached hydrogen (secondary N) is 1. The summed E-state index contributed by atoms with van der Waals surface area (Å²) in [7, 11) is -1.97. The summed E-state index contributed by atoms with van der Waals surface area (Å²) in [6.07, 6.45) is 4.86. The van der Waals surface area contributed by atoms with E-state index in [4.69, 9.17) is 14.7 Å². The minimum atomic E-state index is -1.97. The average Bonchev–Trinajstić information content (AvgIpc) is 3.39. The smallest absolute Gasteiger partial charge is 0.173 e. The van der Waals surface area contributed by atoms with E-state index < -0.39 is 15.2 Å². The van der Waals surface area contributed by atoms with Crippen molar-refractivity contribution in [3.63, 3.8) is 0 Å². The van der Waals surface area contributed by atoms with Crippen LogP contribution in [0.5, 0.6) is 0 Å². The zero-order chi connectivity index (χ0) is 19.3. The topological polar surface area (TPSA) is 108 Å². The lowest BCUT2D eigenvalue weighted by molar-refractivity contribution is 0.0985. The molecule has 1 unspecified atom stereocenters. The summed E-state index contributed by atoms with van der Waals surface area (Å²) in [5, 5.41) is 0.926. The number of ether oxygens (including phenoxy) is 1. The molecule has 0 amide bonds. The van der Waals surface area contributed by atoms with E-state index in [1.54, 1.807) is 6.20 Å². The van der Waals surface area contributed by atoms with Gasteiger partial charge in [0.1, 0.15) is 16.2 Å². The number of nitrogens with zero attached hydrogens (tertiary/aromatic N) is 5. The first-order chi connectivity index (χ1) is 13.6. The van der Waals surface area contributed by atoms with Crippen LogP contribution in [-0.2, 0) is 19.9 Å². The lowest BCUT2D eigenvalue weighted by atomic mass is 10.1. The molecule has 4 heterocycles. The first kappa shape index (κ1) is 17.4. The number of hydrogen-bond acceptors (Lipinski definition) is 7. The standard InChI is InChI=1S/C19H20N6O2S/c1-12-11-27-9-8-25(12)16-10-15(19(4-5-19)28(20)26)23-18(24-16)14-3-7-22-17-13(14)2-6-21-17/h2-3,6-7,10,12H,4-5,8-9,11H2,1H3,(H,21,22). The summed E-state index contributed by atoms with van der Waals surface area (Å²) in [6.45, 7) is 4.08. The molecule has 8 nitrogen and oxygen atoms in total. The highest BCUT2D eigenvalue weighted by Crippen LogP contribution is 2.49. The van der Waals surface area contributed by atoms with E-state index in [0.29, 0.717) is 37.6 Å². The minimum absolute atomic E-state index is 0.170. The Balaban J connectivity index is 1.71. The van der Waals surface area contributed by atoms with Gasteiger partial charge in [-0.1, -0.05) is 0 Å². The maximum atomic E-state index is 12.1. The van der Waals surface area contributed by atoms with E-state index in [0.717, 1.165) is 29.0 Å². The number of H-pyrrole nitrogens is 1. The average molecular weight is 396 g/mol. The third-order valence-corrected chi connectivity index (χ3v) is 6.87. The summed E-state index contributed by atoms with van der Waals surface area (Å²) in [5.41, 5.74) is 2.25. The highest BCUT2D eigenvalue weighted by Gasteiger charge is 2.51. The molecule has 3 aromatic rings. The summed E-state index contributed by atoms with van der Waals surface area (Å²) in [4.78, 5) is 19.2. The van der Waals surface area contributed by atoms with Crippen LogP contribution in [0.25, 0.3) is 22.4 Å². The van der Waals surface area contributed by atoms with Gasteiger partial charge in [-0.25, -0.2) is 15.0 Å². The van der Waals surface area contributed by atoms with Crippen LogP contribution in [0.3, 0.4) is 0 Å². The molecule has 0 bridgehead atoms. The maximum Gasteiger partial charge on any atom is 0.173 e. The van der Waals surface area contributed by atoms with Crippen molar-refractivity contribution in [2.24, 2.45) is 0 Å². The summed E-state index contributed by atoms with van der Waals surface area (Å²) < 4.78 is 26.7. The molecule has 1 N–H and O–H groups in total. The van der Waals surface area contributed by atoms with Crippen molar-refractivity contribution in [3.8, 4) is 11.4 Å². The van der Waals surface area contributed by atoms with E-state index in [2.05, 4.69) is 21.8 Å². The zero-order valence-electron chi connectivity index (χ0n) is 15.5. The third kappa shape index (κ3) is 2.71. The van der Waals surface area contributed by atoms with Crippen molar-refractivity contribution in [2.45, 2.75) is 30.6 Å². The molecule has 1 aliphatic heterocycles. The van der Waals surface area contributed by atoms with Crippen molar-refractivity contribution in [1.82, 2.24) is 19.9 Å². The SMILES string of the molecule is CC1COCCN1c1cc(C2(S(#N)=O)CC2)nc(-c2ccnc3[nH]ccc23)n1. The Morgan fingerprint density at radius 2 is 2.21 bits per heavy atom. The van der Waals surface area contributed by atoms with Gasteiger partial charge in [-0.3, -0.25) is 0 Å². The van der Waals surface area contributed by atoms with Gasteiger partial charge in [0, 0.05) is 36.0 Å². The van der Waals surface area contributed by atoms with Crippen LogP contribution in [-0.4, -0.2) is 49.9 Å². The molecule has 2 aliphatic rings. The van der Waals surface area contributed by atoms with Crippen LogP contribution < -0.4 is 4.90 Å². The van der Waals surface area contributed by atoms with Gasteiger partial charge in [0.15, 0.2) is 16.3 Å². The number of fused-ring (bicyclic) bond motifs is 1. The van der Waals surface area contributed by atoms with Crippen LogP contribution in [0.2, 0.25) is 0 Å². The molecule has 2 fully saturated rings. The molecule has 5 rings (SSSR count). The molecular formula is C19H20N6O2S. The number of morpholine rings is 1. The van der Waals surface area contributed by atoms with Gasteiger partial charge in [0.25, 0.3) is 0 Å². The van der Waals surface area contributed by atoms with E-state index in [1.807, 2.05) is 24.4 Å². The van der Waals surface area contributed by atoms with Crippen LogP contribution in [0.15, 0.2) is 30.6 Å². The second-order valence-electron chi connectivity index (χ2n) is 7.39. The maximum absolute atomic E-state index is 12.1. The lowest BCUT2D eigenvalue weighted by Gasteiger charge is -2.34. The fraction of sp³-hybridized carbons (Fsp3) is 0.421. The van der Waals surface area contributed by atoms with Crippen molar-refractivity contribution >= 4 is 27.3 Å². The van der Waals surface area contributed by atoms with Crippen molar-refractivity contribution in [2.75, 3.05) is 24.7 Å². The molecule has 0 spiro atoms. The number of hydrogen-bond donors (Lipinski definition) is 1. The third-order valence-electron chi connectivity index (χ3n) is 5.58. The molecule has 0 aromatic carbocycles. The Kier molecular flexibility index (Phi) is 3.97. The number of rotatable bonds is 3. The van der Waals surface area contributed by atoms with Crippen molar-refractivity contribution in [3.05, 3.63) is 36.3 Å². The van der Waals surface area contributed by atoms with Crippen molar-refractivity contribution in [1.29, 1.82) is 4.61 Å². The molecule has 1 saturated heterocycles. The quantitative estimate of drug-likeness (QED) is 0.724. The van der Waals surface area contributed by atoms with E-state index >= 15 is 0 Å². The predicted octanol–water partition coefficient (Wildman–Crippen LogP) is 2.46. The monoisotopic (exact) mass is 396 g/mol. The molecule has 3 aromatic heterocycles. The second kappa shape index (κ2) is 6.41. The van der Waals surface area contributed by atoms with Gasteiger partial charge < -0.3 is 14.6 Å². The largest absolute Gasteiger partial charge is 0.377 e. The van der Waals surface area contributed by atoms with Gasteiger partial charge in [0.05, 0.1) is 24.9 Å². The van der Waals surface area contributed by atoms with Crippen LogP contribution >= 0.6 is 0 Å². The molecule has 28 heavy (non-hydrogen) atoms. The van der Waals surface area contributed by atoms with Gasteiger partial charge in [-0.2, -0.15) is 4.21 Å². The second-order valence-corrected chi connectivity index (χ2v) is 8.67. The van der Waals surface area contributed by atoms with Gasteiger partial charge >= 0.3 is 0 Å². The molecular weight excluding hydrogens is 376 g/mol. The highest BCUT2D eigenvalue weighted by molar-refractivity contribution is 7.72. The predicted molar refractivity (Wildman–Crippen MR) is 106 cm³/mol. The van der Waals surface area contributed by atoms with Crippen LogP contribution in [0, 0.1) is 4.61 Å². The number of aromatic amines is 1. The van der Waals surface area contributed by atoms with Crippen molar-refractivity contribution < 1.29 is 8.95 Å². The van der Waals surface area contributed by atoms with E-state index in [1.165, 1.54) is 0 Å². The fourth-order valence-electron chi connectivity index (χ4n) is 3.79. The highest BCUT2D eigenvalue weighted by atomic mass is 32.2.